The Balaban J connectivity index is 1.80. The minimum Gasteiger partial charge on any atom is -0.328 e. The second kappa shape index (κ2) is 5.50. The summed E-state index contributed by atoms with van der Waals surface area (Å²) < 4.78 is 0. The van der Waals surface area contributed by atoms with Crippen LogP contribution in [-0.4, -0.2) is 18.1 Å². The highest BCUT2D eigenvalue weighted by atomic mass is 15.0. The van der Waals surface area contributed by atoms with E-state index in [1.54, 1.807) is 0 Å². The lowest BCUT2D eigenvalue weighted by Crippen LogP contribution is -2.48. The first-order valence-corrected chi connectivity index (χ1v) is 7.16. The fourth-order valence-electron chi connectivity index (χ4n) is 3.59. The molecule has 16 heavy (non-hydrogen) atoms. The fraction of sp³-hybridized carbons (Fsp3) is 1.00. The van der Waals surface area contributed by atoms with E-state index < -0.39 is 0 Å². The molecule has 2 aliphatic rings. The normalized spacial score (nSPS) is 45.6. The van der Waals surface area contributed by atoms with Gasteiger partial charge in [-0.15, -0.1) is 0 Å². The van der Waals surface area contributed by atoms with Crippen LogP contribution in [0.5, 0.6) is 0 Å². The Hall–Kier alpha value is -0.0800. The van der Waals surface area contributed by atoms with Crippen LogP contribution >= 0.6 is 0 Å². The van der Waals surface area contributed by atoms with Crippen molar-refractivity contribution in [1.82, 2.24) is 5.32 Å². The number of hydrogen-bond acceptors (Lipinski definition) is 2. The van der Waals surface area contributed by atoms with Crippen LogP contribution in [0.15, 0.2) is 0 Å². The Morgan fingerprint density at radius 1 is 1.00 bits per heavy atom. The van der Waals surface area contributed by atoms with Gasteiger partial charge in [-0.1, -0.05) is 20.3 Å². The first-order valence-electron chi connectivity index (χ1n) is 7.16. The summed E-state index contributed by atoms with van der Waals surface area (Å²) in [5.41, 5.74) is 6.05. The molecule has 0 aromatic carbocycles. The molecule has 3 N–H and O–H groups in total. The van der Waals surface area contributed by atoms with Gasteiger partial charge in [-0.3, -0.25) is 0 Å². The van der Waals surface area contributed by atoms with Gasteiger partial charge in [0.25, 0.3) is 0 Å². The van der Waals surface area contributed by atoms with Crippen LogP contribution in [0, 0.1) is 11.8 Å². The Kier molecular flexibility index (Phi) is 4.26. The third-order valence-corrected chi connectivity index (χ3v) is 4.60. The molecule has 0 radical (unpaired) electrons. The maximum Gasteiger partial charge on any atom is 0.00954 e. The van der Waals surface area contributed by atoms with Crippen LogP contribution in [0.4, 0.5) is 0 Å². The molecular formula is C14H28N2. The third-order valence-electron chi connectivity index (χ3n) is 4.60. The van der Waals surface area contributed by atoms with Gasteiger partial charge in [0.05, 0.1) is 0 Å². The predicted octanol–water partition coefficient (Wildman–Crippen LogP) is 2.67. The smallest absolute Gasteiger partial charge is 0.00954 e. The van der Waals surface area contributed by atoms with Crippen LogP contribution in [-0.2, 0) is 0 Å². The topological polar surface area (TPSA) is 38.0 Å². The molecule has 0 heterocycles. The summed E-state index contributed by atoms with van der Waals surface area (Å²) in [5, 5.41) is 3.88. The zero-order chi connectivity index (χ0) is 11.5. The van der Waals surface area contributed by atoms with Crippen molar-refractivity contribution in [2.45, 2.75) is 76.9 Å². The highest BCUT2D eigenvalue weighted by Crippen LogP contribution is 2.30. The molecule has 2 heteroatoms. The van der Waals surface area contributed by atoms with Crippen LogP contribution in [0.2, 0.25) is 0 Å². The predicted molar refractivity (Wildman–Crippen MR) is 69.3 cm³/mol. The van der Waals surface area contributed by atoms with Gasteiger partial charge in [-0.05, 0) is 50.4 Å². The van der Waals surface area contributed by atoms with E-state index in [4.69, 9.17) is 5.73 Å². The Bertz CT molecular complexity index is 217. The molecule has 2 fully saturated rings. The third kappa shape index (κ3) is 3.21. The molecule has 2 saturated carbocycles. The lowest BCUT2D eigenvalue weighted by atomic mass is 9.79. The average molecular weight is 224 g/mol. The van der Waals surface area contributed by atoms with Gasteiger partial charge in [-0.2, -0.15) is 0 Å². The fourth-order valence-corrected chi connectivity index (χ4v) is 3.59. The quantitative estimate of drug-likeness (QED) is 0.757. The van der Waals surface area contributed by atoms with E-state index in [0.29, 0.717) is 12.1 Å². The van der Waals surface area contributed by atoms with Crippen molar-refractivity contribution >= 4 is 0 Å². The molecule has 0 saturated heterocycles. The molecule has 2 rings (SSSR count). The van der Waals surface area contributed by atoms with Gasteiger partial charge in [0, 0.05) is 18.1 Å². The number of rotatable bonds is 2. The van der Waals surface area contributed by atoms with E-state index in [0.717, 1.165) is 17.9 Å². The summed E-state index contributed by atoms with van der Waals surface area (Å²) in [4.78, 5) is 0. The zero-order valence-corrected chi connectivity index (χ0v) is 10.9. The molecule has 2 aliphatic carbocycles. The maximum atomic E-state index is 6.05. The van der Waals surface area contributed by atoms with Crippen molar-refractivity contribution in [2.75, 3.05) is 0 Å². The minimum absolute atomic E-state index is 0.448. The largest absolute Gasteiger partial charge is 0.328 e. The molecule has 0 aromatic rings. The van der Waals surface area contributed by atoms with E-state index in [2.05, 4.69) is 19.2 Å². The monoisotopic (exact) mass is 224 g/mol. The number of hydrogen-bond donors (Lipinski definition) is 2. The minimum atomic E-state index is 0.448. The van der Waals surface area contributed by atoms with Gasteiger partial charge >= 0.3 is 0 Å². The van der Waals surface area contributed by atoms with Crippen LogP contribution in [0.3, 0.4) is 0 Å². The van der Waals surface area contributed by atoms with E-state index in [9.17, 15) is 0 Å². The summed E-state index contributed by atoms with van der Waals surface area (Å²) in [7, 11) is 0. The van der Waals surface area contributed by atoms with Crippen molar-refractivity contribution in [3.05, 3.63) is 0 Å². The second-order valence-corrected chi connectivity index (χ2v) is 6.29. The molecule has 0 aliphatic heterocycles. The number of nitrogens with two attached hydrogens (primary N) is 1. The maximum absolute atomic E-state index is 6.05. The van der Waals surface area contributed by atoms with Crippen molar-refractivity contribution < 1.29 is 0 Å². The van der Waals surface area contributed by atoms with Crippen LogP contribution in [0.1, 0.15) is 58.8 Å². The van der Waals surface area contributed by atoms with Crippen LogP contribution < -0.4 is 11.1 Å². The first kappa shape index (κ1) is 12.4. The van der Waals surface area contributed by atoms with Gasteiger partial charge < -0.3 is 11.1 Å². The molecule has 94 valence electrons. The standard InChI is InChI=1S/C14H28N2/c1-10-6-7-14(11(2)8-10)16-13-5-3-4-12(15)9-13/h10-14,16H,3-9,15H2,1-2H3. The molecular weight excluding hydrogens is 196 g/mol. The summed E-state index contributed by atoms with van der Waals surface area (Å²) in [6.45, 7) is 4.80. The molecule has 5 unspecified atom stereocenters. The van der Waals surface area contributed by atoms with Crippen molar-refractivity contribution in [3.8, 4) is 0 Å². The summed E-state index contributed by atoms with van der Waals surface area (Å²) in [6.07, 6.45) is 9.25. The van der Waals surface area contributed by atoms with E-state index in [1.807, 2.05) is 0 Å². The molecule has 0 aromatic heterocycles. The van der Waals surface area contributed by atoms with Gasteiger partial charge in [0.15, 0.2) is 0 Å². The Morgan fingerprint density at radius 3 is 2.50 bits per heavy atom. The Labute approximate surface area is 100 Å². The van der Waals surface area contributed by atoms with Crippen LogP contribution in [0.25, 0.3) is 0 Å². The second-order valence-electron chi connectivity index (χ2n) is 6.29. The summed E-state index contributed by atoms with van der Waals surface area (Å²) in [5.74, 6) is 1.78. The highest BCUT2D eigenvalue weighted by Gasteiger charge is 2.28. The highest BCUT2D eigenvalue weighted by molar-refractivity contribution is 4.87. The van der Waals surface area contributed by atoms with E-state index in [1.165, 1.54) is 44.9 Å². The van der Waals surface area contributed by atoms with Crippen molar-refractivity contribution in [3.63, 3.8) is 0 Å². The molecule has 0 spiro atoms. The van der Waals surface area contributed by atoms with Gasteiger partial charge in [0.1, 0.15) is 0 Å². The summed E-state index contributed by atoms with van der Waals surface area (Å²) >= 11 is 0. The zero-order valence-electron chi connectivity index (χ0n) is 10.9. The summed E-state index contributed by atoms with van der Waals surface area (Å²) in [6, 6.07) is 1.90. The number of nitrogens with one attached hydrogen (secondary N) is 1. The SMILES string of the molecule is CC1CCC(NC2CCCC(N)C2)C(C)C1. The average Bonchev–Trinajstić information content (AvgIpc) is 2.22. The van der Waals surface area contributed by atoms with Gasteiger partial charge in [-0.25, -0.2) is 0 Å². The Morgan fingerprint density at radius 2 is 1.81 bits per heavy atom. The lowest BCUT2D eigenvalue weighted by molar-refractivity contribution is 0.195. The van der Waals surface area contributed by atoms with Crippen molar-refractivity contribution in [1.29, 1.82) is 0 Å². The lowest BCUT2D eigenvalue weighted by Gasteiger charge is -2.38. The van der Waals surface area contributed by atoms with Gasteiger partial charge in [0.2, 0.25) is 0 Å². The van der Waals surface area contributed by atoms with E-state index >= 15 is 0 Å². The molecule has 0 bridgehead atoms. The van der Waals surface area contributed by atoms with Crippen molar-refractivity contribution in [2.24, 2.45) is 17.6 Å². The molecule has 2 nitrogen and oxygen atoms in total. The molecule has 5 atom stereocenters. The first-order chi connectivity index (χ1) is 7.65. The molecule has 0 amide bonds. The van der Waals surface area contributed by atoms with E-state index in [-0.39, 0.29) is 0 Å².